The van der Waals surface area contributed by atoms with E-state index in [1.165, 1.54) is 0 Å². The summed E-state index contributed by atoms with van der Waals surface area (Å²) in [6, 6.07) is 5.26. The quantitative estimate of drug-likeness (QED) is 0.612. The molecule has 19 heavy (non-hydrogen) atoms. The lowest BCUT2D eigenvalue weighted by Crippen LogP contribution is -2.33. The fraction of sp³-hybridized carbons (Fsp3) is 0.500. The zero-order valence-corrected chi connectivity index (χ0v) is 10.9. The summed E-state index contributed by atoms with van der Waals surface area (Å²) in [4.78, 5) is 24.9. The van der Waals surface area contributed by atoms with Gasteiger partial charge in [-0.15, -0.1) is 4.91 Å². The van der Waals surface area contributed by atoms with Crippen molar-refractivity contribution < 1.29 is 4.79 Å². The number of Topliss-reactive ketones (excluding diaryl/α,β-unsaturated/α-hetero) is 1. The first kappa shape index (κ1) is 12.5. The minimum Gasteiger partial charge on any atom is -0.344 e. The molecule has 1 saturated heterocycles. The Balaban J connectivity index is 1.88. The van der Waals surface area contributed by atoms with Crippen molar-refractivity contribution >= 4 is 19.5 Å². The van der Waals surface area contributed by atoms with E-state index < -0.39 is 0 Å². The van der Waals surface area contributed by atoms with Gasteiger partial charge in [-0.3, -0.25) is 4.79 Å². The topological polar surface area (TPSA) is 49.7 Å². The monoisotopic (exact) mass is 254 g/mol. The molecule has 4 nitrogen and oxygen atoms in total. The maximum Gasteiger partial charge on any atom is 0.183 e. The van der Waals surface area contributed by atoms with E-state index in [2.05, 4.69) is 5.18 Å². The van der Waals surface area contributed by atoms with Crippen LogP contribution < -0.4 is 0 Å². The molecule has 1 saturated carbocycles. The van der Waals surface area contributed by atoms with Crippen LogP contribution in [0.5, 0.6) is 0 Å². The van der Waals surface area contributed by atoms with E-state index in [-0.39, 0.29) is 17.2 Å². The number of nitrogens with zero attached hydrogens (tertiary/aromatic N) is 2. The summed E-state index contributed by atoms with van der Waals surface area (Å²) in [7, 11) is 5.97. The van der Waals surface area contributed by atoms with Crippen molar-refractivity contribution in [3.05, 3.63) is 34.2 Å². The average Bonchev–Trinajstić information content (AvgIpc) is 3.11. The van der Waals surface area contributed by atoms with Crippen molar-refractivity contribution in [2.24, 2.45) is 10.6 Å². The second kappa shape index (κ2) is 4.27. The lowest BCUT2D eigenvalue weighted by Gasteiger charge is -2.19. The SMILES string of the molecule is [B]N1CC2(CC2)C(=O)C1Cc1cccc(C)c1N=O. The maximum atomic E-state index is 12.4. The van der Waals surface area contributed by atoms with Crippen LogP contribution >= 0.6 is 0 Å². The van der Waals surface area contributed by atoms with Gasteiger partial charge in [0.2, 0.25) is 0 Å². The molecule has 2 fully saturated rings. The maximum absolute atomic E-state index is 12.4. The van der Waals surface area contributed by atoms with Gasteiger partial charge >= 0.3 is 0 Å². The Morgan fingerprint density at radius 1 is 1.47 bits per heavy atom. The molecule has 5 heteroatoms. The van der Waals surface area contributed by atoms with Crippen molar-refractivity contribution in [3.8, 4) is 0 Å². The molecule has 1 aromatic rings. The van der Waals surface area contributed by atoms with Crippen molar-refractivity contribution in [1.29, 1.82) is 0 Å². The van der Waals surface area contributed by atoms with Crippen LogP contribution in [0.3, 0.4) is 0 Å². The van der Waals surface area contributed by atoms with Gasteiger partial charge in [-0.2, -0.15) is 0 Å². The second-order valence-corrected chi connectivity index (χ2v) is 5.71. The number of ketones is 1. The third kappa shape index (κ3) is 1.92. The van der Waals surface area contributed by atoms with E-state index in [0.717, 1.165) is 24.0 Å². The molecule has 1 aliphatic heterocycles. The molecule has 0 N–H and O–H groups in total. The molecule has 0 amide bonds. The lowest BCUT2D eigenvalue weighted by molar-refractivity contribution is -0.123. The van der Waals surface area contributed by atoms with Crippen LogP contribution in [0.2, 0.25) is 0 Å². The smallest absolute Gasteiger partial charge is 0.183 e. The molecule has 0 aromatic heterocycles. The third-order valence-corrected chi connectivity index (χ3v) is 4.39. The van der Waals surface area contributed by atoms with Crippen LogP contribution in [-0.2, 0) is 11.2 Å². The Hall–Kier alpha value is -1.49. The number of aryl methyl sites for hydroxylation is 1. The minimum atomic E-state index is -0.315. The number of nitroso groups, excluding NO2 is 1. The van der Waals surface area contributed by atoms with Crippen molar-refractivity contribution in [1.82, 2.24) is 4.81 Å². The fourth-order valence-corrected chi connectivity index (χ4v) is 3.03. The van der Waals surface area contributed by atoms with Gasteiger partial charge < -0.3 is 4.81 Å². The second-order valence-electron chi connectivity index (χ2n) is 5.71. The van der Waals surface area contributed by atoms with Crippen molar-refractivity contribution in [2.75, 3.05) is 6.54 Å². The summed E-state index contributed by atoms with van der Waals surface area (Å²) < 4.78 is 0. The molecule has 2 radical (unpaired) electrons. The Morgan fingerprint density at radius 3 is 2.79 bits per heavy atom. The summed E-state index contributed by atoms with van der Waals surface area (Å²) in [5.41, 5.74) is 1.91. The standard InChI is InChI=1S/C14H15BN2O2/c1-9-3-2-4-10(12(9)16-19)7-11-13(18)14(5-6-14)8-17(11)15/h2-4,11H,5-8H2,1H3. The van der Waals surface area contributed by atoms with Crippen LogP contribution in [0, 0.1) is 17.2 Å². The Labute approximate surface area is 113 Å². The first-order chi connectivity index (χ1) is 9.07. The van der Waals surface area contributed by atoms with Crippen molar-refractivity contribution in [3.63, 3.8) is 0 Å². The number of hydrogen-bond donors (Lipinski definition) is 0. The molecule has 1 spiro atoms. The fourth-order valence-electron chi connectivity index (χ4n) is 3.03. The summed E-state index contributed by atoms with van der Waals surface area (Å²) in [5.74, 6) is 0.230. The van der Waals surface area contributed by atoms with E-state index in [0.29, 0.717) is 18.7 Å². The van der Waals surface area contributed by atoms with Gasteiger partial charge in [0, 0.05) is 5.41 Å². The van der Waals surface area contributed by atoms with Gasteiger partial charge in [0.25, 0.3) is 0 Å². The first-order valence-corrected chi connectivity index (χ1v) is 6.55. The van der Waals surface area contributed by atoms with E-state index in [4.69, 9.17) is 7.98 Å². The predicted octanol–water partition coefficient (Wildman–Crippen LogP) is 2.05. The normalized spacial score (nSPS) is 24.9. The number of carbonyl (C=O) groups excluding carboxylic acids is 1. The zero-order chi connectivity index (χ0) is 13.6. The van der Waals surface area contributed by atoms with E-state index in [1.54, 1.807) is 4.81 Å². The highest BCUT2D eigenvalue weighted by molar-refractivity contribution is 6.10. The molecule has 96 valence electrons. The van der Waals surface area contributed by atoms with E-state index in [9.17, 15) is 9.70 Å². The number of carbonyl (C=O) groups is 1. The van der Waals surface area contributed by atoms with Gasteiger partial charge in [0.1, 0.15) is 5.69 Å². The van der Waals surface area contributed by atoms with Gasteiger partial charge in [0.05, 0.1) is 6.04 Å². The zero-order valence-electron chi connectivity index (χ0n) is 10.9. The molecule has 1 aliphatic carbocycles. The number of benzene rings is 1. The van der Waals surface area contributed by atoms with Gasteiger partial charge in [0.15, 0.2) is 13.8 Å². The lowest BCUT2D eigenvalue weighted by atomic mass is 9.94. The summed E-state index contributed by atoms with van der Waals surface area (Å²) in [6.45, 7) is 2.49. The van der Waals surface area contributed by atoms with Crippen LogP contribution in [0.15, 0.2) is 23.4 Å². The van der Waals surface area contributed by atoms with Crippen LogP contribution in [0.1, 0.15) is 24.0 Å². The molecule has 1 atom stereocenters. The number of hydrogen-bond acceptors (Lipinski definition) is 4. The minimum absolute atomic E-state index is 0.183. The molecule has 0 bridgehead atoms. The molecule has 3 rings (SSSR count). The molecule has 1 heterocycles. The first-order valence-electron chi connectivity index (χ1n) is 6.55. The molecule has 2 aliphatic rings. The van der Waals surface area contributed by atoms with Crippen LogP contribution in [0.4, 0.5) is 5.69 Å². The summed E-state index contributed by atoms with van der Waals surface area (Å²) >= 11 is 0. The Bertz CT molecular complexity index is 554. The molecular formula is C14H15BN2O2. The molecular weight excluding hydrogens is 239 g/mol. The van der Waals surface area contributed by atoms with E-state index >= 15 is 0 Å². The highest BCUT2D eigenvalue weighted by Crippen LogP contribution is 2.52. The van der Waals surface area contributed by atoms with Crippen LogP contribution in [0.25, 0.3) is 0 Å². The highest BCUT2D eigenvalue weighted by Gasteiger charge is 2.57. The predicted molar refractivity (Wildman–Crippen MR) is 73.3 cm³/mol. The van der Waals surface area contributed by atoms with Gasteiger partial charge in [-0.05, 0) is 49.0 Å². The highest BCUT2D eigenvalue weighted by atomic mass is 16.3. The Morgan fingerprint density at radius 2 is 2.21 bits per heavy atom. The van der Waals surface area contributed by atoms with E-state index in [1.807, 2.05) is 25.1 Å². The Kier molecular flexibility index (Phi) is 2.82. The van der Waals surface area contributed by atoms with Crippen molar-refractivity contribution in [2.45, 2.75) is 32.2 Å². The summed E-state index contributed by atoms with van der Waals surface area (Å²) in [5, 5.41) is 3.09. The third-order valence-electron chi connectivity index (χ3n) is 4.39. The van der Waals surface area contributed by atoms with Gasteiger partial charge in [-0.25, -0.2) is 0 Å². The summed E-state index contributed by atoms with van der Waals surface area (Å²) in [6.07, 6.45) is 2.37. The molecule has 1 unspecified atom stereocenters. The largest absolute Gasteiger partial charge is 0.344 e. The number of rotatable bonds is 3. The molecule has 1 aromatic carbocycles. The van der Waals surface area contributed by atoms with Crippen LogP contribution in [-0.4, -0.2) is 31.2 Å². The van der Waals surface area contributed by atoms with Gasteiger partial charge in [-0.1, -0.05) is 18.2 Å². The average molecular weight is 254 g/mol.